The van der Waals surface area contributed by atoms with Crippen molar-refractivity contribution in [2.24, 2.45) is 0 Å². The predicted octanol–water partition coefficient (Wildman–Crippen LogP) is 3.92. The number of alkyl halides is 1. The number of rotatable bonds is 6. The van der Waals surface area contributed by atoms with Gasteiger partial charge in [0.2, 0.25) is 23.7 Å². The van der Waals surface area contributed by atoms with Crippen molar-refractivity contribution in [1.82, 2.24) is 9.97 Å². The Kier molecular flexibility index (Phi) is 5.61. The van der Waals surface area contributed by atoms with E-state index in [1.54, 1.807) is 0 Å². The summed E-state index contributed by atoms with van der Waals surface area (Å²) in [7, 11) is 0. The zero-order valence-corrected chi connectivity index (χ0v) is 13.9. The number of aromatic nitrogens is 2. The molecular weight excluding hydrogens is 385 g/mol. The van der Waals surface area contributed by atoms with E-state index >= 15 is 0 Å². The first-order chi connectivity index (χ1) is 10.0. The largest absolute Gasteiger partial charge is 0.417 e. The van der Waals surface area contributed by atoms with E-state index in [1.807, 2.05) is 0 Å². The summed E-state index contributed by atoms with van der Waals surface area (Å²) in [5, 5.41) is 0.509. The Morgan fingerprint density at radius 2 is 1.48 bits per heavy atom. The van der Waals surface area contributed by atoms with Crippen LogP contribution in [0.4, 0.5) is 8.78 Å². The third-order valence-corrected chi connectivity index (χ3v) is 5.91. The molecule has 21 heavy (non-hydrogen) atoms. The van der Waals surface area contributed by atoms with Crippen LogP contribution in [-0.2, 0) is 11.8 Å². The Balaban J connectivity index is 2.21. The average Bonchev–Trinajstić information content (AvgIpc) is 2.38. The van der Waals surface area contributed by atoms with E-state index in [2.05, 4.69) is 25.9 Å². The van der Waals surface area contributed by atoms with Gasteiger partial charge in [0, 0.05) is 17.5 Å². The number of pyridine rings is 2. The van der Waals surface area contributed by atoms with E-state index in [-0.39, 0.29) is 11.8 Å². The Bertz CT molecular complexity index is 626. The zero-order chi connectivity index (χ0) is 15.3. The van der Waals surface area contributed by atoms with Gasteiger partial charge >= 0.3 is 0 Å². The zero-order valence-electron chi connectivity index (χ0n) is 10.6. The predicted molar refractivity (Wildman–Crippen MR) is 82.6 cm³/mol. The molecule has 2 aromatic heterocycles. The summed E-state index contributed by atoms with van der Waals surface area (Å²) in [4.78, 5) is 7.16. The second-order valence-corrected chi connectivity index (χ2v) is 8.30. The average molecular weight is 395 g/mol. The molecule has 2 heterocycles. The van der Waals surface area contributed by atoms with E-state index < -0.39 is 18.4 Å². The minimum Gasteiger partial charge on any atom is -0.417 e. The van der Waals surface area contributed by atoms with Gasteiger partial charge in [0.05, 0.1) is 6.16 Å². The van der Waals surface area contributed by atoms with Gasteiger partial charge < -0.3 is 9.05 Å². The summed E-state index contributed by atoms with van der Waals surface area (Å²) >= 11 is 8.62. The molecule has 0 radical (unpaired) electrons. The van der Waals surface area contributed by atoms with Crippen LogP contribution in [0, 0.1) is 11.9 Å². The Labute approximate surface area is 133 Å². The van der Waals surface area contributed by atoms with Gasteiger partial charge in [-0.2, -0.15) is 18.7 Å². The molecule has 0 aliphatic carbocycles. The summed E-state index contributed by atoms with van der Waals surface area (Å²) in [6.45, 7) is -2.87. The van der Waals surface area contributed by atoms with Gasteiger partial charge in [-0.15, -0.1) is 0 Å². The van der Waals surface area contributed by atoms with Gasteiger partial charge in [0.15, 0.2) is 0 Å². The third-order valence-electron chi connectivity index (χ3n) is 2.20. The standard InChI is InChI=1S/C12H10BrF2N2O2PS/c13-7-8-20(21,18-11-5-1-3-9(14)16-11)19-12-6-2-4-10(15)17-12/h1-6H,7-8H2. The highest BCUT2D eigenvalue weighted by molar-refractivity contribution is 9.09. The van der Waals surface area contributed by atoms with Gasteiger partial charge in [-0.1, -0.05) is 28.1 Å². The third kappa shape index (κ3) is 4.98. The summed E-state index contributed by atoms with van der Waals surface area (Å²) in [6.07, 6.45) is 0.346. The van der Waals surface area contributed by atoms with Gasteiger partial charge in [0.1, 0.15) is 0 Å². The lowest BCUT2D eigenvalue weighted by Gasteiger charge is -2.21. The van der Waals surface area contributed by atoms with E-state index in [4.69, 9.17) is 20.9 Å². The smallest absolute Gasteiger partial charge is 0.291 e. The topological polar surface area (TPSA) is 44.2 Å². The highest BCUT2D eigenvalue weighted by atomic mass is 79.9. The van der Waals surface area contributed by atoms with Crippen LogP contribution in [-0.4, -0.2) is 21.5 Å². The Hall–Kier alpha value is -1.11. The Morgan fingerprint density at radius 1 is 1.00 bits per heavy atom. The molecule has 0 atom stereocenters. The van der Waals surface area contributed by atoms with Crippen molar-refractivity contribution in [1.29, 1.82) is 0 Å². The van der Waals surface area contributed by atoms with Crippen molar-refractivity contribution in [2.75, 3.05) is 11.5 Å². The fourth-order valence-electron chi connectivity index (χ4n) is 1.38. The first-order valence-electron chi connectivity index (χ1n) is 5.80. The highest BCUT2D eigenvalue weighted by Crippen LogP contribution is 2.48. The van der Waals surface area contributed by atoms with Crippen LogP contribution in [0.3, 0.4) is 0 Å². The maximum atomic E-state index is 13.1. The van der Waals surface area contributed by atoms with Gasteiger partial charge in [-0.3, -0.25) is 0 Å². The van der Waals surface area contributed by atoms with Crippen LogP contribution in [0.2, 0.25) is 0 Å². The lowest BCUT2D eigenvalue weighted by atomic mass is 10.5. The van der Waals surface area contributed by atoms with Gasteiger partial charge in [-0.25, -0.2) is 0 Å². The molecule has 0 aromatic carbocycles. The lowest BCUT2D eigenvalue weighted by Crippen LogP contribution is -2.08. The van der Waals surface area contributed by atoms with Gasteiger partial charge in [-0.05, 0) is 23.9 Å². The van der Waals surface area contributed by atoms with Crippen LogP contribution in [0.1, 0.15) is 0 Å². The summed E-state index contributed by atoms with van der Waals surface area (Å²) < 4.78 is 37.2. The van der Waals surface area contributed by atoms with Crippen molar-refractivity contribution in [3.63, 3.8) is 0 Å². The lowest BCUT2D eigenvalue weighted by molar-refractivity contribution is 0.448. The molecule has 2 rings (SSSR count). The molecule has 9 heteroatoms. The van der Waals surface area contributed by atoms with Crippen molar-refractivity contribution in [3.8, 4) is 11.8 Å². The quantitative estimate of drug-likeness (QED) is 0.422. The van der Waals surface area contributed by atoms with Crippen LogP contribution in [0.25, 0.3) is 0 Å². The van der Waals surface area contributed by atoms with Crippen LogP contribution in [0.5, 0.6) is 11.8 Å². The van der Waals surface area contributed by atoms with E-state index in [0.29, 0.717) is 11.5 Å². The molecule has 0 aliphatic heterocycles. The second kappa shape index (κ2) is 7.24. The van der Waals surface area contributed by atoms with E-state index in [1.165, 1.54) is 36.4 Å². The van der Waals surface area contributed by atoms with E-state index in [9.17, 15) is 8.78 Å². The first-order valence-corrected chi connectivity index (χ1v) is 9.74. The molecule has 0 amide bonds. The first kappa shape index (κ1) is 16.3. The van der Waals surface area contributed by atoms with Crippen LogP contribution < -0.4 is 9.05 Å². The normalized spacial score (nSPS) is 11.2. The fourth-order valence-corrected chi connectivity index (χ4v) is 5.42. The van der Waals surface area contributed by atoms with Crippen LogP contribution >= 0.6 is 22.4 Å². The molecule has 0 unspecified atom stereocenters. The monoisotopic (exact) mass is 394 g/mol. The molecule has 112 valence electrons. The van der Waals surface area contributed by atoms with Crippen molar-refractivity contribution in [3.05, 3.63) is 48.3 Å². The maximum Gasteiger partial charge on any atom is 0.291 e. The second-order valence-electron chi connectivity index (χ2n) is 3.80. The molecule has 0 fully saturated rings. The number of nitrogens with zero attached hydrogens (tertiary/aromatic N) is 2. The SMILES string of the molecule is Fc1cccc(OP(=S)(CCBr)Oc2cccc(F)n2)n1. The van der Waals surface area contributed by atoms with Gasteiger partial charge in [0.25, 0.3) is 6.49 Å². The summed E-state index contributed by atoms with van der Waals surface area (Å²) in [5.41, 5.74) is 0. The van der Waals surface area contributed by atoms with E-state index in [0.717, 1.165) is 0 Å². The molecule has 0 saturated heterocycles. The Morgan fingerprint density at radius 3 is 1.86 bits per heavy atom. The summed E-state index contributed by atoms with van der Waals surface area (Å²) in [6, 6.07) is 8.23. The number of hydrogen-bond acceptors (Lipinski definition) is 5. The maximum absolute atomic E-state index is 13.1. The molecule has 0 bridgehead atoms. The molecular formula is C12H10BrF2N2O2PS. The molecule has 2 aromatic rings. The molecule has 0 spiro atoms. The summed E-state index contributed by atoms with van der Waals surface area (Å²) in [5.74, 6) is -1.32. The molecule has 0 aliphatic rings. The minimum atomic E-state index is -2.87. The highest BCUT2D eigenvalue weighted by Gasteiger charge is 2.23. The molecule has 0 N–H and O–H groups in total. The van der Waals surface area contributed by atoms with Crippen molar-refractivity contribution >= 4 is 34.2 Å². The molecule has 4 nitrogen and oxygen atoms in total. The number of halogens is 3. The number of hydrogen-bond donors (Lipinski definition) is 0. The minimum absolute atomic E-state index is 0.0238. The van der Waals surface area contributed by atoms with Crippen molar-refractivity contribution in [2.45, 2.75) is 0 Å². The molecule has 0 saturated carbocycles. The van der Waals surface area contributed by atoms with Crippen LogP contribution in [0.15, 0.2) is 36.4 Å². The fraction of sp³-hybridized carbons (Fsp3) is 0.167. The van der Waals surface area contributed by atoms with Crippen molar-refractivity contribution < 1.29 is 17.8 Å².